The molecule has 0 radical (unpaired) electrons. The van der Waals surface area contributed by atoms with Crippen LogP contribution in [0.4, 0.5) is 0 Å². The Morgan fingerprint density at radius 3 is 2.27 bits per heavy atom. The number of aldehydes is 1. The topological polar surface area (TPSA) is 90.8 Å². The number of allylic oxidation sites excluding steroid dienone is 1. The lowest BCUT2D eigenvalue weighted by atomic mass is 9.89. The Balaban J connectivity index is 0.000000357. The molecule has 1 saturated carbocycles. The lowest BCUT2D eigenvalue weighted by Crippen LogP contribution is -2.20. The molecule has 6 heteroatoms. The van der Waals surface area contributed by atoms with Gasteiger partial charge in [-0.15, -0.1) is 0 Å². The van der Waals surface area contributed by atoms with E-state index in [1.165, 1.54) is 38.6 Å². The van der Waals surface area contributed by atoms with Crippen molar-refractivity contribution in [2.24, 2.45) is 10.9 Å². The number of nitrogens with zero attached hydrogens (tertiary/aromatic N) is 1. The highest BCUT2D eigenvalue weighted by atomic mass is 16.3. The summed E-state index contributed by atoms with van der Waals surface area (Å²) >= 11 is 0. The fraction of sp³-hybridized carbons (Fsp3) is 0.370. The molecule has 0 unspecified atom stereocenters. The van der Waals surface area contributed by atoms with Crippen LogP contribution in [0.5, 0.6) is 5.75 Å². The Bertz CT molecular complexity index is 956. The van der Waals surface area contributed by atoms with Gasteiger partial charge in [-0.1, -0.05) is 43.5 Å². The second-order valence-electron chi connectivity index (χ2n) is 8.23. The number of rotatable bonds is 8. The van der Waals surface area contributed by atoms with Crippen molar-refractivity contribution < 1.29 is 14.7 Å². The SMILES string of the molecule is CN=C(/C=C(\NC=O)c1ccc(C=O)cc1)c1ccc(O)c(C)c1.CNCC1CCCCC1. The van der Waals surface area contributed by atoms with Crippen molar-refractivity contribution in [2.75, 3.05) is 20.6 Å². The summed E-state index contributed by atoms with van der Waals surface area (Å²) in [7, 11) is 3.71. The van der Waals surface area contributed by atoms with E-state index in [9.17, 15) is 14.7 Å². The second kappa shape index (κ2) is 14.0. The van der Waals surface area contributed by atoms with Crippen molar-refractivity contribution in [2.45, 2.75) is 39.0 Å². The van der Waals surface area contributed by atoms with E-state index in [1.807, 2.05) is 6.07 Å². The molecule has 2 aromatic carbocycles. The van der Waals surface area contributed by atoms with Crippen molar-refractivity contribution >= 4 is 24.1 Å². The van der Waals surface area contributed by atoms with Gasteiger partial charge in [0.15, 0.2) is 0 Å². The molecule has 0 bridgehead atoms. The number of hydrogen-bond donors (Lipinski definition) is 3. The van der Waals surface area contributed by atoms with Crippen LogP contribution in [-0.4, -0.2) is 44.2 Å². The highest BCUT2D eigenvalue weighted by molar-refractivity contribution is 6.12. The summed E-state index contributed by atoms with van der Waals surface area (Å²) in [4.78, 5) is 25.9. The van der Waals surface area contributed by atoms with Gasteiger partial charge in [0.05, 0.1) is 5.71 Å². The van der Waals surface area contributed by atoms with Crippen LogP contribution in [-0.2, 0) is 4.79 Å². The number of benzene rings is 2. The minimum absolute atomic E-state index is 0.217. The first-order valence-electron chi connectivity index (χ1n) is 11.4. The summed E-state index contributed by atoms with van der Waals surface area (Å²) in [6.45, 7) is 3.04. The predicted molar refractivity (Wildman–Crippen MR) is 135 cm³/mol. The molecule has 0 aromatic heterocycles. The monoisotopic (exact) mass is 449 g/mol. The molecule has 0 aliphatic heterocycles. The van der Waals surface area contributed by atoms with Crippen LogP contribution >= 0.6 is 0 Å². The zero-order valence-electron chi connectivity index (χ0n) is 19.8. The molecule has 3 rings (SSSR count). The van der Waals surface area contributed by atoms with Crippen LogP contribution < -0.4 is 10.6 Å². The minimum Gasteiger partial charge on any atom is -0.508 e. The molecule has 1 aliphatic carbocycles. The number of phenolic OH excluding ortho intramolecular Hbond substituents is 1. The zero-order chi connectivity index (χ0) is 24.1. The van der Waals surface area contributed by atoms with Gasteiger partial charge in [-0.05, 0) is 74.7 Å². The number of aryl methyl sites for hydroxylation is 1. The fourth-order valence-electron chi connectivity index (χ4n) is 3.92. The lowest BCUT2D eigenvalue weighted by Gasteiger charge is -2.20. The van der Waals surface area contributed by atoms with Gasteiger partial charge in [-0.3, -0.25) is 14.6 Å². The normalized spacial score (nSPS) is 14.8. The van der Waals surface area contributed by atoms with Crippen LogP contribution in [0.1, 0.15) is 59.2 Å². The molecular weight excluding hydrogens is 414 g/mol. The van der Waals surface area contributed by atoms with Crippen LogP contribution in [0.25, 0.3) is 5.70 Å². The van der Waals surface area contributed by atoms with Crippen LogP contribution in [0.15, 0.2) is 53.5 Å². The van der Waals surface area contributed by atoms with E-state index in [1.54, 1.807) is 56.4 Å². The third-order valence-electron chi connectivity index (χ3n) is 5.80. The summed E-state index contributed by atoms with van der Waals surface area (Å²) in [5.74, 6) is 1.21. The van der Waals surface area contributed by atoms with Crippen LogP contribution in [0.2, 0.25) is 0 Å². The number of hydrogen-bond acceptors (Lipinski definition) is 5. The van der Waals surface area contributed by atoms with E-state index >= 15 is 0 Å². The molecule has 1 fully saturated rings. The maximum atomic E-state index is 10.9. The maximum Gasteiger partial charge on any atom is 0.211 e. The quantitative estimate of drug-likeness (QED) is 0.409. The Kier molecular flexibility index (Phi) is 11.0. The molecule has 176 valence electrons. The Morgan fingerprint density at radius 1 is 1.06 bits per heavy atom. The van der Waals surface area contributed by atoms with Gasteiger partial charge >= 0.3 is 0 Å². The largest absolute Gasteiger partial charge is 0.508 e. The van der Waals surface area contributed by atoms with E-state index in [-0.39, 0.29) is 5.75 Å². The molecule has 0 saturated heterocycles. The van der Waals surface area contributed by atoms with Gasteiger partial charge in [-0.25, -0.2) is 0 Å². The third kappa shape index (κ3) is 8.31. The van der Waals surface area contributed by atoms with E-state index in [0.29, 0.717) is 23.4 Å². The first-order valence-corrected chi connectivity index (χ1v) is 11.4. The zero-order valence-corrected chi connectivity index (χ0v) is 19.8. The summed E-state index contributed by atoms with van der Waals surface area (Å²) in [5, 5.41) is 15.5. The number of amides is 1. The molecular formula is C27H35N3O3. The van der Waals surface area contributed by atoms with Crippen LogP contribution in [0.3, 0.4) is 0 Å². The molecule has 0 heterocycles. The van der Waals surface area contributed by atoms with Gasteiger partial charge in [0.25, 0.3) is 0 Å². The number of aromatic hydroxyl groups is 1. The smallest absolute Gasteiger partial charge is 0.211 e. The highest BCUT2D eigenvalue weighted by Crippen LogP contribution is 2.22. The number of carbonyl (C=O) groups excluding carboxylic acids is 2. The average Bonchev–Trinajstić information content (AvgIpc) is 2.85. The molecule has 0 spiro atoms. The number of nitrogens with one attached hydrogen (secondary N) is 2. The van der Waals surface area contributed by atoms with Gasteiger partial charge in [0, 0.05) is 23.9 Å². The van der Waals surface area contributed by atoms with Gasteiger partial charge < -0.3 is 15.7 Å². The second-order valence-corrected chi connectivity index (χ2v) is 8.23. The van der Waals surface area contributed by atoms with Gasteiger partial charge in [0.1, 0.15) is 12.0 Å². The molecule has 2 aromatic rings. The molecule has 1 amide bonds. The Labute approximate surface area is 196 Å². The van der Waals surface area contributed by atoms with E-state index in [0.717, 1.165) is 28.9 Å². The lowest BCUT2D eigenvalue weighted by molar-refractivity contribution is -0.108. The van der Waals surface area contributed by atoms with E-state index in [2.05, 4.69) is 22.7 Å². The van der Waals surface area contributed by atoms with E-state index < -0.39 is 0 Å². The molecule has 6 nitrogen and oxygen atoms in total. The highest BCUT2D eigenvalue weighted by Gasteiger charge is 2.11. The summed E-state index contributed by atoms with van der Waals surface area (Å²) < 4.78 is 0. The standard InChI is InChI=1S/C19H18N2O3.C8H17N/c1-13-9-16(7-8-19(13)24)17(20-2)10-18(21-12-23)15-5-3-14(11-22)4-6-15;1-9-7-8-5-3-2-4-6-8/h3-12,24H,1-2H3,(H,21,23);8-9H,2-7H2,1H3/b18-10-,20-17?;. The molecule has 33 heavy (non-hydrogen) atoms. The summed E-state index contributed by atoms with van der Waals surface area (Å²) in [5.41, 5.74) is 4.09. The summed E-state index contributed by atoms with van der Waals surface area (Å²) in [6.07, 6.45) is 10.4. The minimum atomic E-state index is 0.217. The van der Waals surface area contributed by atoms with Crippen molar-refractivity contribution in [1.29, 1.82) is 0 Å². The first kappa shape index (κ1) is 26.0. The Morgan fingerprint density at radius 2 is 1.73 bits per heavy atom. The number of phenols is 1. The molecule has 3 N–H and O–H groups in total. The molecule has 1 aliphatic rings. The maximum absolute atomic E-state index is 10.9. The average molecular weight is 450 g/mol. The predicted octanol–water partition coefficient (Wildman–Crippen LogP) is 4.51. The summed E-state index contributed by atoms with van der Waals surface area (Å²) in [6, 6.07) is 12.0. The number of carbonyl (C=O) groups is 2. The van der Waals surface area contributed by atoms with Gasteiger partial charge in [-0.2, -0.15) is 0 Å². The van der Waals surface area contributed by atoms with Gasteiger partial charge in [0.2, 0.25) is 6.41 Å². The Hall–Kier alpha value is -3.25. The van der Waals surface area contributed by atoms with E-state index in [4.69, 9.17) is 0 Å². The third-order valence-corrected chi connectivity index (χ3v) is 5.80. The number of aliphatic imine (C=N–C) groups is 1. The van der Waals surface area contributed by atoms with Crippen molar-refractivity contribution in [3.8, 4) is 5.75 Å². The fourth-order valence-corrected chi connectivity index (χ4v) is 3.92. The first-order chi connectivity index (χ1) is 16.0. The van der Waals surface area contributed by atoms with Crippen molar-refractivity contribution in [3.63, 3.8) is 0 Å². The van der Waals surface area contributed by atoms with Crippen LogP contribution in [0, 0.1) is 12.8 Å². The van der Waals surface area contributed by atoms with Crippen molar-refractivity contribution in [3.05, 3.63) is 70.8 Å². The van der Waals surface area contributed by atoms with Crippen molar-refractivity contribution in [1.82, 2.24) is 10.6 Å². The molecule has 0 atom stereocenters.